The van der Waals surface area contributed by atoms with Gasteiger partial charge in [0, 0.05) is 0 Å². The molecule has 0 spiro atoms. The molecule has 0 aliphatic rings. The smallest absolute Gasteiger partial charge is 0.209 e. The summed E-state index contributed by atoms with van der Waals surface area (Å²) in [5.74, 6) is 0. The van der Waals surface area contributed by atoms with Crippen molar-refractivity contribution < 1.29 is 15.0 Å². The molecule has 7 heavy (non-hydrogen) atoms. The van der Waals surface area contributed by atoms with Crippen molar-refractivity contribution in [1.29, 1.82) is 0 Å². The standard InChI is InChI=1S/C2H4O3.2ClH/c3-1-2(4)5;;/h1-2,4-5H;2*1H. The van der Waals surface area contributed by atoms with Crippen LogP contribution in [0.2, 0.25) is 0 Å². The van der Waals surface area contributed by atoms with Gasteiger partial charge >= 0.3 is 0 Å². The quantitative estimate of drug-likeness (QED) is 0.384. The second-order valence-electron chi connectivity index (χ2n) is 0.550. The molecule has 0 atom stereocenters. The minimum atomic E-state index is -1.80. The first kappa shape index (κ1) is 15.7. The number of hydrogen-bond donors (Lipinski definition) is 2. The molecule has 0 fully saturated rings. The maximum Gasteiger partial charge on any atom is 0.209 e. The van der Waals surface area contributed by atoms with Crippen molar-refractivity contribution in [1.82, 2.24) is 0 Å². The van der Waals surface area contributed by atoms with Gasteiger partial charge in [-0.1, -0.05) is 0 Å². The normalized spacial score (nSPS) is 6.14. The molecule has 0 saturated heterocycles. The third-order valence-corrected chi connectivity index (χ3v) is 0.122. The average molecular weight is 149 g/mol. The molecule has 3 nitrogen and oxygen atoms in total. The number of carbonyl (C=O) groups excluding carboxylic acids is 1. The fraction of sp³-hybridized carbons (Fsp3) is 0.500. The van der Waals surface area contributed by atoms with Crippen molar-refractivity contribution in [2.75, 3.05) is 0 Å². The van der Waals surface area contributed by atoms with Gasteiger partial charge in [-0.05, 0) is 0 Å². The van der Waals surface area contributed by atoms with E-state index in [0.29, 0.717) is 0 Å². The average Bonchev–Trinajstić information content (AvgIpc) is 1.38. The molecular weight excluding hydrogens is 143 g/mol. The van der Waals surface area contributed by atoms with Crippen LogP contribution in [-0.2, 0) is 4.79 Å². The summed E-state index contributed by atoms with van der Waals surface area (Å²) in [6, 6.07) is 0. The third-order valence-electron chi connectivity index (χ3n) is 0.122. The molecule has 5 heteroatoms. The van der Waals surface area contributed by atoms with Crippen molar-refractivity contribution in [2.24, 2.45) is 0 Å². The van der Waals surface area contributed by atoms with E-state index >= 15 is 0 Å². The molecule has 0 saturated carbocycles. The highest BCUT2D eigenvalue weighted by Crippen LogP contribution is 1.54. The minimum absolute atomic E-state index is 0. The van der Waals surface area contributed by atoms with E-state index in [0.717, 1.165) is 0 Å². The fourth-order valence-electron chi connectivity index (χ4n) is 0. The fourth-order valence-corrected chi connectivity index (χ4v) is 0. The Labute approximate surface area is 53.2 Å². The van der Waals surface area contributed by atoms with Crippen molar-refractivity contribution in [3.63, 3.8) is 0 Å². The zero-order valence-electron chi connectivity index (χ0n) is 3.27. The Morgan fingerprint density at radius 3 is 1.43 bits per heavy atom. The zero-order chi connectivity index (χ0) is 4.28. The van der Waals surface area contributed by atoms with E-state index < -0.39 is 6.29 Å². The number of hydrogen-bond acceptors (Lipinski definition) is 3. The second-order valence-corrected chi connectivity index (χ2v) is 0.550. The van der Waals surface area contributed by atoms with Gasteiger partial charge < -0.3 is 10.2 Å². The van der Waals surface area contributed by atoms with Crippen molar-refractivity contribution >= 4 is 31.1 Å². The first-order chi connectivity index (χ1) is 2.27. The molecular formula is C2H6Cl2O3. The molecule has 0 amide bonds. The lowest BCUT2D eigenvalue weighted by Gasteiger charge is -1.80. The van der Waals surface area contributed by atoms with Crippen LogP contribution in [-0.4, -0.2) is 22.8 Å². The Morgan fingerprint density at radius 1 is 1.29 bits per heavy atom. The number of carbonyl (C=O) groups is 1. The lowest BCUT2D eigenvalue weighted by Crippen LogP contribution is -2.03. The van der Waals surface area contributed by atoms with Gasteiger partial charge in [0.25, 0.3) is 0 Å². The Balaban J connectivity index is -0.0000000800. The van der Waals surface area contributed by atoms with Crippen LogP contribution in [0, 0.1) is 0 Å². The summed E-state index contributed by atoms with van der Waals surface area (Å²) in [5.41, 5.74) is 0. The number of aldehydes is 1. The van der Waals surface area contributed by atoms with Crippen molar-refractivity contribution in [3.05, 3.63) is 0 Å². The van der Waals surface area contributed by atoms with Gasteiger partial charge in [-0.3, -0.25) is 4.79 Å². The molecule has 0 aliphatic heterocycles. The molecule has 0 aromatic heterocycles. The van der Waals surface area contributed by atoms with Gasteiger partial charge in [0.05, 0.1) is 0 Å². The van der Waals surface area contributed by atoms with Crippen molar-refractivity contribution in [2.45, 2.75) is 6.29 Å². The lowest BCUT2D eigenvalue weighted by atomic mass is 10.8. The van der Waals surface area contributed by atoms with Crippen LogP contribution in [0.15, 0.2) is 0 Å². The molecule has 0 radical (unpaired) electrons. The SMILES string of the molecule is Cl.Cl.O=CC(O)O. The maximum atomic E-state index is 9.00. The van der Waals surface area contributed by atoms with E-state index in [1.807, 2.05) is 0 Å². The van der Waals surface area contributed by atoms with E-state index in [4.69, 9.17) is 15.0 Å². The first-order valence-electron chi connectivity index (χ1n) is 1.09. The number of aliphatic hydroxyl groups is 2. The largest absolute Gasteiger partial charge is 0.362 e. The highest BCUT2D eigenvalue weighted by molar-refractivity contribution is 5.85. The van der Waals surface area contributed by atoms with Gasteiger partial charge in [0.2, 0.25) is 6.29 Å². The molecule has 0 bridgehead atoms. The lowest BCUT2D eigenvalue weighted by molar-refractivity contribution is -0.131. The molecule has 0 unspecified atom stereocenters. The van der Waals surface area contributed by atoms with Gasteiger partial charge in [-0.15, -0.1) is 24.8 Å². The Kier molecular flexibility index (Phi) is 21.3. The van der Waals surface area contributed by atoms with Crippen LogP contribution in [0.3, 0.4) is 0 Å². The number of aliphatic hydroxyl groups excluding tert-OH is 1. The first-order valence-corrected chi connectivity index (χ1v) is 1.09. The molecule has 0 rings (SSSR count). The van der Waals surface area contributed by atoms with E-state index in [2.05, 4.69) is 0 Å². The number of rotatable bonds is 1. The Morgan fingerprint density at radius 2 is 1.43 bits per heavy atom. The molecule has 0 aromatic rings. The predicted octanol–water partition coefficient (Wildman–Crippen LogP) is -0.660. The topological polar surface area (TPSA) is 57.5 Å². The molecule has 0 heterocycles. The summed E-state index contributed by atoms with van der Waals surface area (Å²) in [4.78, 5) is 9.00. The number of halogens is 2. The van der Waals surface area contributed by atoms with Crippen molar-refractivity contribution in [3.8, 4) is 0 Å². The molecule has 46 valence electrons. The molecule has 0 aromatic carbocycles. The van der Waals surface area contributed by atoms with Crippen LogP contribution in [0.5, 0.6) is 0 Å². The Bertz CT molecular complexity index is 37.9. The molecule has 0 aliphatic carbocycles. The Hall–Kier alpha value is 0.170. The van der Waals surface area contributed by atoms with Crippen LogP contribution in [0.25, 0.3) is 0 Å². The van der Waals surface area contributed by atoms with E-state index in [1.165, 1.54) is 0 Å². The van der Waals surface area contributed by atoms with E-state index in [1.54, 1.807) is 0 Å². The highest BCUT2D eigenvalue weighted by atomic mass is 35.5. The summed E-state index contributed by atoms with van der Waals surface area (Å²) in [6.45, 7) is 0. The summed E-state index contributed by atoms with van der Waals surface area (Å²) in [6.07, 6.45) is -1.77. The van der Waals surface area contributed by atoms with Crippen LogP contribution in [0.4, 0.5) is 0 Å². The predicted molar refractivity (Wildman–Crippen MR) is 28.8 cm³/mol. The van der Waals surface area contributed by atoms with Gasteiger partial charge in [0.15, 0.2) is 6.29 Å². The summed E-state index contributed by atoms with van der Waals surface area (Å²) < 4.78 is 0. The molecule has 2 N–H and O–H groups in total. The van der Waals surface area contributed by atoms with Crippen LogP contribution >= 0.6 is 24.8 Å². The van der Waals surface area contributed by atoms with E-state index in [9.17, 15) is 0 Å². The zero-order valence-corrected chi connectivity index (χ0v) is 4.91. The minimum Gasteiger partial charge on any atom is -0.362 e. The maximum absolute atomic E-state index is 9.00. The highest BCUT2D eigenvalue weighted by Gasteiger charge is 1.83. The van der Waals surface area contributed by atoms with Gasteiger partial charge in [-0.2, -0.15) is 0 Å². The summed E-state index contributed by atoms with van der Waals surface area (Å²) in [7, 11) is 0. The van der Waals surface area contributed by atoms with E-state index in [-0.39, 0.29) is 31.1 Å². The second kappa shape index (κ2) is 9.48. The summed E-state index contributed by atoms with van der Waals surface area (Å²) >= 11 is 0. The summed E-state index contributed by atoms with van der Waals surface area (Å²) in [5, 5.41) is 15.1. The van der Waals surface area contributed by atoms with Crippen LogP contribution < -0.4 is 0 Å². The third kappa shape index (κ3) is 22.8. The van der Waals surface area contributed by atoms with Crippen LogP contribution in [0.1, 0.15) is 0 Å². The van der Waals surface area contributed by atoms with Gasteiger partial charge in [-0.25, -0.2) is 0 Å². The monoisotopic (exact) mass is 148 g/mol. The van der Waals surface area contributed by atoms with Gasteiger partial charge in [0.1, 0.15) is 0 Å².